The summed E-state index contributed by atoms with van der Waals surface area (Å²) < 4.78 is 0. The van der Waals surface area contributed by atoms with Gasteiger partial charge in [-0.1, -0.05) is 0 Å². The van der Waals surface area contributed by atoms with Crippen molar-refractivity contribution in [1.29, 1.82) is 0 Å². The zero-order valence-electron chi connectivity index (χ0n) is 9.30. The van der Waals surface area contributed by atoms with Gasteiger partial charge in [0.2, 0.25) is 5.91 Å². The molecule has 0 bridgehead atoms. The zero-order valence-corrected chi connectivity index (χ0v) is 9.30. The fourth-order valence-corrected chi connectivity index (χ4v) is 2.42. The van der Waals surface area contributed by atoms with Crippen molar-refractivity contribution >= 4 is 5.91 Å². The SMILES string of the molecule is O=C1CN(CC[C@H]2CCCNC2)CCN1. The summed E-state index contributed by atoms with van der Waals surface area (Å²) in [6, 6.07) is 0. The Morgan fingerprint density at radius 3 is 3.07 bits per heavy atom. The lowest BCUT2D eigenvalue weighted by atomic mass is 9.96. The van der Waals surface area contributed by atoms with Gasteiger partial charge in [0.05, 0.1) is 6.54 Å². The van der Waals surface area contributed by atoms with Gasteiger partial charge >= 0.3 is 0 Å². The normalized spacial score (nSPS) is 28.8. The molecule has 2 heterocycles. The quantitative estimate of drug-likeness (QED) is 0.680. The third-order valence-electron chi connectivity index (χ3n) is 3.37. The number of hydrogen-bond acceptors (Lipinski definition) is 3. The van der Waals surface area contributed by atoms with Crippen molar-refractivity contribution in [3.05, 3.63) is 0 Å². The molecule has 0 aromatic heterocycles. The van der Waals surface area contributed by atoms with E-state index in [9.17, 15) is 4.79 Å². The number of nitrogens with zero attached hydrogens (tertiary/aromatic N) is 1. The van der Waals surface area contributed by atoms with E-state index < -0.39 is 0 Å². The lowest BCUT2D eigenvalue weighted by Gasteiger charge is -2.29. The molecule has 0 spiro atoms. The van der Waals surface area contributed by atoms with E-state index in [0.717, 1.165) is 25.6 Å². The van der Waals surface area contributed by atoms with Gasteiger partial charge in [-0.2, -0.15) is 0 Å². The number of nitrogens with one attached hydrogen (secondary N) is 2. The molecular formula is C11H21N3O. The third kappa shape index (κ3) is 3.47. The molecule has 0 radical (unpaired) electrons. The average Bonchev–Trinajstić information content (AvgIpc) is 2.28. The van der Waals surface area contributed by atoms with Gasteiger partial charge in [0, 0.05) is 13.1 Å². The van der Waals surface area contributed by atoms with Gasteiger partial charge in [-0.25, -0.2) is 0 Å². The van der Waals surface area contributed by atoms with Gasteiger partial charge in [-0.05, 0) is 44.8 Å². The molecule has 0 aromatic carbocycles. The lowest BCUT2D eigenvalue weighted by Crippen LogP contribution is -2.48. The number of hydrogen-bond donors (Lipinski definition) is 2. The Bertz CT molecular complexity index is 214. The van der Waals surface area contributed by atoms with Crippen molar-refractivity contribution in [1.82, 2.24) is 15.5 Å². The predicted molar refractivity (Wildman–Crippen MR) is 59.7 cm³/mol. The maximum atomic E-state index is 11.2. The highest BCUT2D eigenvalue weighted by Crippen LogP contribution is 2.14. The Morgan fingerprint density at radius 2 is 2.33 bits per heavy atom. The second kappa shape index (κ2) is 5.47. The molecular weight excluding hydrogens is 190 g/mol. The van der Waals surface area contributed by atoms with Gasteiger partial charge in [-0.3, -0.25) is 9.69 Å². The van der Waals surface area contributed by atoms with Crippen molar-refractivity contribution < 1.29 is 4.79 Å². The summed E-state index contributed by atoms with van der Waals surface area (Å²) in [5.41, 5.74) is 0. The molecule has 86 valence electrons. The van der Waals surface area contributed by atoms with Gasteiger partial charge in [0.15, 0.2) is 0 Å². The fourth-order valence-electron chi connectivity index (χ4n) is 2.42. The molecule has 0 unspecified atom stereocenters. The van der Waals surface area contributed by atoms with Crippen LogP contribution in [0.5, 0.6) is 0 Å². The van der Waals surface area contributed by atoms with E-state index in [2.05, 4.69) is 15.5 Å². The number of piperidine rings is 1. The molecule has 1 amide bonds. The molecule has 4 heteroatoms. The smallest absolute Gasteiger partial charge is 0.234 e. The standard InChI is InChI=1S/C11H21N3O/c15-11-9-14(7-5-13-11)6-3-10-2-1-4-12-8-10/h10,12H,1-9H2,(H,13,15)/t10-/m1/s1. The lowest BCUT2D eigenvalue weighted by molar-refractivity contribution is -0.124. The highest BCUT2D eigenvalue weighted by Gasteiger charge is 2.18. The molecule has 2 N–H and O–H groups in total. The fraction of sp³-hybridized carbons (Fsp3) is 0.909. The van der Waals surface area contributed by atoms with Crippen molar-refractivity contribution in [3.63, 3.8) is 0 Å². The first-order chi connectivity index (χ1) is 7.34. The molecule has 2 aliphatic heterocycles. The number of amides is 1. The zero-order chi connectivity index (χ0) is 10.5. The minimum absolute atomic E-state index is 0.183. The Kier molecular flexibility index (Phi) is 3.97. The molecule has 2 saturated heterocycles. The second-order valence-corrected chi connectivity index (χ2v) is 4.63. The number of carbonyl (C=O) groups excluding carboxylic acids is 1. The van der Waals surface area contributed by atoms with E-state index in [1.165, 1.54) is 32.4 Å². The van der Waals surface area contributed by atoms with E-state index in [4.69, 9.17) is 0 Å². The molecule has 1 atom stereocenters. The molecule has 2 rings (SSSR count). The Morgan fingerprint density at radius 1 is 1.40 bits per heavy atom. The average molecular weight is 211 g/mol. The van der Waals surface area contributed by atoms with E-state index in [-0.39, 0.29) is 5.91 Å². The summed E-state index contributed by atoms with van der Waals surface area (Å²) in [7, 11) is 0. The van der Waals surface area contributed by atoms with Crippen molar-refractivity contribution in [2.75, 3.05) is 39.3 Å². The van der Waals surface area contributed by atoms with Crippen LogP contribution < -0.4 is 10.6 Å². The molecule has 0 aliphatic carbocycles. The maximum Gasteiger partial charge on any atom is 0.234 e. The number of carbonyl (C=O) groups is 1. The minimum atomic E-state index is 0.183. The summed E-state index contributed by atoms with van der Waals surface area (Å²) in [6.07, 6.45) is 3.90. The molecule has 2 aliphatic rings. The highest BCUT2D eigenvalue weighted by atomic mass is 16.2. The first-order valence-electron chi connectivity index (χ1n) is 6.04. The minimum Gasteiger partial charge on any atom is -0.354 e. The van der Waals surface area contributed by atoms with Gasteiger partial charge in [0.25, 0.3) is 0 Å². The first kappa shape index (κ1) is 10.9. The van der Waals surface area contributed by atoms with Crippen LogP contribution in [0.4, 0.5) is 0 Å². The van der Waals surface area contributed by atoms with Crippen molar-refractivity contribution in [2.45, 2.75) is 19.3 Å². The maximum absolute atomic E-state index is 11.2. The van der Waals surface area contributed by atoms with E-state index in [1.54, 1.807) is 0 Å². The van der Waals surface area contributed by atoms with Crippen molar-refractivity contribution in [2.24, 2.45) is 5.92 Å². The summed E-state index contributed by atoms with van der Waals surface area (Å²) in [5, 5.41) is 6.29. The van der Waals surface area contributed by atoms with Gasteiger partial charge in [-0.15, -0.1) is 0 Å². The van der Waals surface area contributed by atoms with Crippen molar-refractivity contribution in [3.8, 4) is 0 Å². The van der Waals surface area contributed by atoms with Gasteiger partial charge < -0.3 is 10.6 Å². The monoisotopic (exact) mass is 211 g/mol. The van der Waals surface area contributed by atoms with Crippen LogP contribution in [-0.4, -0.2) is 50.1 Å². The largest absolute Gasteiger partial charge is 0.354 e. The summed E-state index contributed by atoms with van der Waals surface area (Å²) in [6.45, 7) is 5.87. The highest BCUT2D eigenvalue weighted by molar-refractivity contribution is 5.78. The Balaban J connectivity index is 1.65. The van der Waals surface area contributed by atoms with Crippen LogP contribution in [0.2, 0.25) is 0 Å². The van der Waals surface area contributed by atoms with Crippen LogP contribution in [0, 0.1) is 5.92 Å². The van der Waals surface area contributed by atoms with E-state index in [1.807, 2.05) is 0 Å². The van der Waals surface area contributed by atoms with Crippen LogP contribution in [0.3, 0.4) is 0 Å². The first-order valence-corrected chi connectivity index (χ1v) is 6.04. The molecule has 0 aromatic rings. The summed E-state index contributed by atoms with van der Waals surface area (Å²) >= 11 is 0. The summed E-state index contributed by atoms with van der Waals surface area (Å²) in [5.74, 6) is 1.01. The Labute approximate surface area is 91.4 Å². The third-order valence-corrected chi connectivity index (χ3v) is 3.37. The van der Waals surface area contributed by atoms with Crippen LogP contribution in [0.1, 0.15) is 19.3 Å². The molecule has 15 heavy (non-hydrogen) atoms. The Hall–Kier alpha value is -0.610. The summed E-state index contributed by atoms with van der Waals surface area (Å²) in [4.78, 5) is 13.4. The van der Waals surface area contributed by atoms with Crippen LogP contribution in [-0.2, 0) is 4.79 Å². The topological polar surface area (TPSA) is 44.4 Å². The van der Waals surface area contributed by atoms with E-state index >= 15 is 0 Å². The molecule has 0 saturated carbocycles. The predicted octanol–water partition coefficient (Wildman–Crippen LogP) is -0.192. The number of piperazine rings is 1. The van der Waals surface area contributed by atoms with E-state index in [0.29, 0.717) is 6.54 Å². The van der Waals surface area contributed by atoms with Crippen LogP contribution in [0.25, 0.3) is 0 Å². The van der Waals surface area contributed by atoms with Crippen LogP contribution in [0.15, 0.2) is 0 Å². The number of rotatable bonds is 3. The van der Waals surface area contributed by atoms with Gasteiger partial charge in [0.1, 0.15) is 0 Å². The molecule has 2 fully saturated rings. The molecule has 4 nitrogen and oxygen atoms in total. The second-order valence-electron chi connectivity index (χ2n) is 4.63. The van der Waals surface area contributed by atoms with Crippen LogP contribution >= 0.6 is 0 Å².